The van der Waals surface area contributed by atoms with Crippen LogP contribution in [-0.2, 0) is 9.59 Å². The summed E-state index contributed by atoms with van der Waals surface area (Å²) in [5.74, 6) is -2.44. The number of nitrogens with one attached hydrogen (secondary N) is 1. The second kappa shape index (κ2) is 6.57. The predicted octanol–water partition coefficient (Wildman–Crippen LogP) is 0.694. The average molecular weight is 322 g/mol. The molecule has 23 heavy (non-hydrogen) atoms. The van der Waals surface area contributed by atoms with Gasteiger partial charge in [0.25, 0.3) is 11.8 Å². The van der Waals surface area contributed by atoms with Crippen molar-refractivity contribution in [1.29, 1.82) is 0 Å². The van der Waals surface area contributed by atoms with Crippen LogP contribution in [0.15, 0.2) is 23.9 Å². The van der Waals surface area contributed by atoms with Gasteiger partial charge >= 0.3 is 0 Å². The molecule has 0 saturated carbocycles. The summed E-state index contributed by atoms with van der Waals surface area (Å²) in [6.07, 6.45) is 1.03. The molecule has 2 amide bonds. The zero-order chi connectivity index (χ0) is 17.1. The van der Waals surface area contributed by atoms with Crippen molar-refractivity contribution in [2.75, 3.05) is 25.6 Å². The zero-order valence-corrected chi connectivity index (χ0v) is 12.6. The van der Waals surface area contributed by atoms with Crippen LogP contribution in [0, 0.1) is 5.82 Å². The lowest BCUT2D eigenvalue weighted by molar-refractivity contribution is -0.137. The molecule has 0 radical (unpaired) electrons. The Morgan fingerprint density at radius 2 is 2.09 bits per heavy atom. The van der Waals surface area contributed by atoms with Crippen LogP contribution in [0.1, 0.15) is 17.3 Å². The van der Waals surface area contributed by atoms with E-state index in [2.05, 4.69) is 5.32 Å². The largest absolute Gasteiger partial charge is 0.494 e. The van der Waals surface area contributed by atoms with Gasteiger partial charge < -0.3 is 15.2 Å². The molecule has 2 N–H and O–H groups in total. The number of carbonyl (C=O) groups excluding carboxylic acids is 3. The Morgan fingerprint density at radius 1 is 1.39 bits per heavy atom. The fourth-order valence-corrected chi connectivity index (χ4v) is 2.16. The standard InChI is InChI=1S/C15H15FN2O5/c1-8(20)9-5-13(23-2)10(16)6-11(9)17-12-7-14(21)18(3-4-19)15(12)22/h5-7,17,19H,3-4H2,1-2H3. The van der Waals surface area contributed by atoms with E-state index < -0.39 is 17.6 Å². The van der Waals surface area contributed by atoms with E-state index in [0.29, 0.717) is 0 Å². The first-order valence-electron chi connectivity index (χ1n) is 6.73. The molecular formula is C15H15FN2O5. The lowest BCUT2D eigenvalue weighted by atomic mass is 10.1. The minimum atomic E-state index is -0.718. The van der Waals surface area contributed by atoms with Gasteiger partial charge in [-0.2, -0.15) is 0 Å². The monoisotopic (exact) mass is 322 g/mol. The SMILES string of the molecule is COc1cc(C(C)=O)c(NC2=CC(=O)N(CCO)C2=O)cc1F. The summed E-state index contributed by atoms with van der Waals surface area (Å²) >= 11 is 0. The van der Waals surface area contributed by atoms with E-state index in [1.54, 1.807) is 0 Å². The number of halogens is 1. The van der Waals surface area contributed by atoms with Gasteiger partial charge in [0.15, 0.2) is 17.3 Å². The van der Waals surface area contributed by atoms with E-state index in [9.17, 15) is 18.8 Å². The molecule has 1 aromatic carbocycles. The number of Topliss-reactive ketones (excluding diaryl/α,β-unsaturated/α-hetero) is 1. The van der Waals surface area contributed by atoms with Gasteiger partial charge in [-0.3, -0.25) is 19.3 Å². The maximum Gasteiger partial charge on any atom is 0.277 e. The van der Waals surface area contributed by atoms with Crippen LogP contribution in [0.25, 0.3) is 0 Å². The van der Waals surface area contributed by atoms with Gasteiger partial charge in [0.05, 0.1) is 25.9 Å². The van der Waals surface area contributed by atoms with Crippen LogP contribution in [-0.4, -0.2) is 47.9 Å². The molecule has 0 unspecified atom stereocenters. The van der Waals surface area contributed by atoms with Crippen LogP contribution in [0.4, 0.5) is 10.1 Å². The molecule has 8 heteroatoms. The molecule has 7 nitrogen and oxygen atoms in total. The van der Waals surface area contributed by atoms with Gasteiger partial charge in [-0.1, -0.05) is 0 Å². The molecular weight excluding hydrogens is 307 g/mol. The third-order valence-corrected chi connectivity index (χ3v) is 3.27. The number of nitrogens with zero attached hydrogens (tertiary/aromatic N) is 1. The molecule has 1 heterocycles. The molecule has 0 atom stereocenters. The number of amides is 2. The number of anilines is 1. The number of ether oxygens (including phenoxy) is 1. The highest BCUT2D eigenvalue weighted by atomic mass is 19.1. The lowest BCUT2D eigenvalue weighted by Gasteiger charge is -2.15. The van der Waals surface area contributed by atoms with E-state index >= 15 is 0 Å². The summed E-state index contributed by atoms with van der Waals surface area (Å²) in [4.78, 5) is 36.3. The number of methoxy groups -OCH3 is 1. The second-order valence-electron chi connectivity index (χ2n) is 4.79. The molecule has 0 fully saturated rings. The van der Waals surface area contributed by atoms with Crippen molar-refractivity contribution in [3.63, 3.8) is 0 Å². The Labute approximate surface area is 131 Å². The first-order valence-corrected chi connectivity index (χ1v) is 6.73. The van der Waals surface area contributed by atoms with E-state index in [0.717, 1.165) is 17.0 Å². The van der Waals surface area contributed by atoms with E-state index in [1.165, 1.54) is 20.1 Å². The van der Waals surface area contributed by atoms with Crippen molar-refractivity contribution in [3.05, 3.63) is 35.3 Å². The summed E-state index contributed by atoms with van der Waals surface area (Å²) < 4.78 is 18.7. The minimum Gasteiger partial charge on any atom is -0.494 e. The predicted molar refractivity (Wildman–Crippen MR) is 78.5 cm³/mol. The normalized spacial score (nSPS) is 14.1. The van der Waals surface area contributed by atoms with Crippen molar-refractivity contribution >= 4 is 23.3 Å². The van der Waals surface area contributed by atoms with E-state index in [1.807, 2.05) is 0 Å². The molecule has 122 valence electrons. The summed E-state index contributed by atoms with van der Waals surface area (Å²) in [6, 6.07) is 2.23. The smallest absolute Gasteiger partial charge is 0.277 e. The third-order valence-electron chi connectivity index (χ3n) is 3.27. The lowest BCUT2D eigenvalue weighted by Crippen LogP contribution is -2.34. The van der Waals surface area contributed by atoms with Crippen molar-refractivity contribution in [2.24, 2.45) is 0 Å². The first kappa shape index (κ1) is 16.6. The molecule has 0 aliphatic carbocycles. The summed E-state index contributed by atoms with van der Waals surface area (Å²) in [5, 5.41) is 11.5. The molecule has 1 aliphatic heterocycles. The van der Waals surface area contributed by atoms with Gasteiger partial charge in [-0.25, -0.2) is 4.39 Å². The number of β-amino-alcohol motifs (C(OH)–C–C–N with tert-alkyl or cyclic N) is 1. The fourth-order valence-electron chi connectivity index (χ4n) is 2.16. The van der Waals surface area contributed by atoms with Crippen LogP contribution in [0.3, 0.4) is 0 Å². The third kappa shape index (κ3) is 3.21. The van der Waals surface area contributed by atoms with Crippen LogP contribution in [0.5, 0.6) is 5.75 Å². The van der Waals surface area contributed by atoms with Gasteiger partial charge in [0, 0.05) is 17.7 Å². The number of aliphatic hydroxyl groups excluding tert-OH is 1. The van der Waals surface area contributed by atoms with E-state index in [-0.39, 0.29) is 41.6 Å². The number of imide groups is 1. The Balaban J connectivity index is 2.35. The van der Waals surface area contributed by atoms with Crippen LogP contribution < -0.4 is 10.1 Å². The van der Waals surface area contributed by atoms with Crippen molar-refractivity contribution in [3.8, 4) is 5.75 Å². The molecule has 1 aliphatic rings. The highest BCUT2D eigenvalue weighted by Gasteiger charge is 2.31. The number of ketones is 1. The molecule has 0 spiro atoms. The molecule has 2 rings (SSSR count). The molecule has 1 aromatic rings. The molecule has 0 bridgehead atoms. The number of aliphatic hydroxyl groups is 1. The van der Waals surface area contributed by atoms with E-state index in [4.69, 9.17) is 9.84 Å². The Hall–Kier alpha value is -2.74. The highest BCUT2D eigenvalue weighted by Crippen LogP contribution is 2.28. The minimum absolute atomic E-state index is 0.0500. The van der Waals surface area contributed by atoms with Crippen LogP contribution in [0.2, 0.25) is 0 Å². The van der Waals surface area contributed by atoms with Gasteiger partial charge in [0.2, 0.25) is 0 Å². The van der Waals surface area contributed by atoms with Gasteiger partial charge in [-0.15, -0.1) is 0 Å². The number of hydrogen-bond donors (Lipinski definition) is 2. The van der Waals surface area contributed by atoms with Gasteiger partial charge in [0.1, 0.15) is 5.70 Å². The number of carbonyl (C=O) groups is 3. The Morgan fingerprint density at radius 3 is 2.65 bits per heavy atom. The Kier molecular flexibility index (Phi) is 4.75. The topological polar surface area (TPSA) is 95.9 Å². The van der Waals surface area contributed by atoms with Crippen molar-refractivity contribution in [2.45, 2.75) is 6.92 Å². The maximum absolute atomic E-state index is 13.8. The van der Waals surface area contributed by atoms with Crippen molar-refractivity contribution < 1.29 is 28.6 Å². The average Bonchev–Trinajstić information content (AvgIpc) is 2.75. The van der Waals surface area contributed by atoms with Crippen molar-refractivity contribution in [1.82, 2.24) is 4.90 Å². The Bertz CT molecular complexity index is 714. The summed E-state index contributed by atoms with van der Waals surface area (Å²) in [7, 11) is 1.27. The zero-order valence-electron chi connectivity index (χ0n) is 12.6. The molecule has 0 saturated heterocycles. The number of hydrogen-bond acceptors (Lipinski definition) is 6. The maximum atomic E-state index is 13.8. The van der Waals surface area contributed by atoms with Gasteiger partial charge in [-0.05, 0) is 13.0 Å². The summed E-state index contributed by atoms with van der Waals surface area (Å²) in [6.45, 7) is 0.774. The highest BCUT2D eigenvalue weighted by molar-refractivity contribution is 6.18. The van der Waals surface area contributed by atoms with Crippen LogP contribution >= 0.6 is 0 Å². The number of benzene rings is 1. The molecule has 0 aromatic heterocycles. The second-order valence-corrected chi connectivity index (χ2v) is 4.79. The summed E-state index contributed by atoms with van der Waals surface area (Å²) in [5.41, 5.74) is 0.0644. The quantitative estimate of drug-likeness (QED) is 0.591. The fraction of sp³-hybridized carbons (Fsp3) is 0.267. The number of rotatable bonds is 6. The first-order chi connectivity index (χ1) is 10.9.